The van der Waals surface area contributed by atoms with Gasteiger partial charge in [0.1, 0.15) is 11.5 Å². The number of pyridine rings is 1. The van der Waals surface area contributed by atoms with Crippen molar-refractivity contribution in [1.82, 2.24) is 9.38 Å². The number of ether oxygens (including phenoxy) is 1. The number of nitrogens with zero attached hydrogens (tertiary/aromatic N) is 3. The Hall–Kier alpha value is -3.53. The summed E-state index contributed by atoms with van der Waals surface area (Å²) in [4.78, 5) is 31.7. The fraction of sp³-hybridized carbons (Fsp3) is 0.423. The highest BCUT2D eigenvalue weighted by Crippen LogP contribution is 2.42. The number of fused-ring (bicyclic) bond motifs is 3. The van der Waals surface area contributed by atoms with Crippen molar-refractivity contribution in [2.45, 2.75) is 32.7 Å². The summed E-state index contributed by atoms with van der Waals surface area (Å²) in [6, 6.07) is 8.09. The average molecular weight is 499 g/mol. The number of nitrogens with one attached hydrogen (secondary N) is 1. The van der Waals surface area contributed by atoms with Crippen molar-refractivity contribution in [2.75, 3.05) is 36.5 Å². The Morgan fingerprint density at radius 2 is 1.89 bits per heavy atom. The number of piperidine rings is 1. The zero-order valence-electron chi connectivity index (χ0n) is 20.3. The van der Waals surface area contributed by atoms with Gasteiger partial charge in [-0.05, 0) is 44.5 Å². The summed E-state index contributed by atoms with van der Waals surface area (Å²) in [6.45, 7) is 5.44. The normalized spacial score (nSPS) is 21.9. The molecule has 0 saturated carbocycles. The van der Waals surface area contributed by atoms with Crippen molar-refractivity contribution in [1.29, 1.82) is 0 Å². The van der Waals surface area contributed by atoms with E-state index in [1.165, 1.54) is 10.5 Å². The number of hydrogen-bond donors (Lipinski definition) is 2. The van der Waals surface area contributed by atoms with Crippen LogP contribution in [-0.2, 0) is 4.74 Å². The molecule has 0 amide bonds. The number of alkyl halides is 2. The summed E-state index contributed by atoms with van der Waals surface area (Å²) in [5.74, 6) is -5.39. The second kappa shape index (κ2) is 8.85. The van der Waals surface area contributed by atoms with Gasteiger partial charge in [0, 0.05) is 30.5 Å². The minimum atomic E-state index is -2.81. The summed E-state index contributed by atoms with van der Waals surface area (Å²) in [6.07, 6.45) is 1.70. The van der Waals surface area contributed by atoms with Crippen LogP contribution in [0.4, 0.5) is 20.3 Å². The van der Waals surface area contributed by atoms with Crippen LogP contribution in [0.1, 0.15) is 40.0 Å². The average Bonchev–Trinajstić information content (AvgIpc) is 2.81. The molecular formula is C26H28F2N4O4. The highest BCUT2D eigenvalue weighted by atomic mass is 19.3. The summed E-state index contributed by atoms with van der Waals surface area (Å²) >= 11 is 0. The zero-order chi connectivity index (χ0) is 25.8. The number of aromatic carboxylic acids is 1. The third-order valence-electron chi connectivity index (χ3n) is 7.19. The van der Waals surface area contributed by atoms with Crippen LogP contribution < -0.4 is 15.8 Å². The van der Waals surface area contributed by atoms with E-state index in [1.54, 1.807) is 36.2 Å². The lowest BCUT2D eigenvalue weighted by atomic mass is 9.83. The molecule has 2 N–H and O–H groups in total. The summed E-state index contributed by atoms with van der Waals surface area (Å²) in [7, 11) is 0. The number of hydrogen-bond acceptors (Lipinski definition) is 6. The molecule has 0 radical (unpaired) electrons. The first-order chi connectivity index (χ1) is 17.1. The van der Waals surface area contributed by atoms with Crippen LogP contribution in [0.3, 0.4) is 0 Å². The maximum Gasteiger partial charge on any atom is 0.337 e. The molecule has 2 aromatic heterocycles. The summed E-state index contributed by atoms with van der Waals surface area (Å²) < 4.78 is 36.3. The van der Waals surface area contributed by atoms with Crippen molar-refractivity contribution >= 4 is 23.1 Å². The van der Waals surface area contributed by atoms with Crippen LogP contribution in [0, 0.1) is 25.7 Å². The van der Waals surface area contributed by atoms with E-state index in [2.05, 4.69) is 5.32 Å². The van der Waals surface area contributed by atoms with E-state index in [0.717, 1.165) is 5.56 Å². The molecule has 2 fully saturated rings. The molecule has 4 heterocycles. The largest absolute Gasteiger partial charge is 0.478 e. The van der Waals surface area contributed by atoms with Crippen LogP contribution in [0.15, 0.2) is 41.3 Å². The van der Waals surface area contributed by atoms with E-state index < -0.39 is 29.8 Å². The Morgan fingerprint density at radius 3 is 2.56 bits per heavy atom. The Balaban J connectivity index is 1.59. The number of rotatable bonds is 5. The first kappa shape index (κ1) is 24.2. The quantitative estimate of drug-likeness (QED) is 0.551. The predicted octanol–water partition coefficient (Wildman–Crippen LogP) is 3.90. The first-order valence-electron chi connectivity index (χ1n) is 11.9. The topological polar surface area (TPSA) is 96.2 Å². The van der Waals surface area contributed by atoms with E-state index in [9.17, 15) is 23.5 Å². The number of carboxylic acid groups (broad SMARTS) is 1. The molecule has 2 unspecified atom stereocenters. The maximum atomic E-state index is 14.7. The number of aromatic nitrogens is 2. The smallest absolute Gasteiger partial charge is 0.337 e. The fourth-order valence-electron chi connectivity index (χ4n) is 5.25. The second-order valence-electron chi connectivity index (χ2n) is 9.76. The molecule has 2 bridgehead atoms. The summed E-state index contributed by atoms with van der Waals surface area (Å²) in [5, 5.41) is 12.8. The van der Waals surface area contributed by atoms with Gasteiger partial charge in [-0.3, -0.25) is 9.20 Å². The highest BCUT2D eigenvalue weighted by molar-refractivity contribution is 5.94. The molecule has 8 nitrogen and oxygen atoms in total. The van der Waals surface area contributed by atoms with Gasteiger partial charge in [-0.15, -0.1) is 0 Å². The molecule has 3 aromatic rings. The van der Waals surface area contributed by atoms with Gasteiger partial charge in [-0.1, -0.05) is 12.1 Å². The van der Waals surface area contributed by atoms with Crippen LogP contribution in [0.25, 0.3) is 5.65 Å². The van der Waals surface area contributed by atoms with E-state index >= 15 is 0 Å². The van der Waals surface area contributed by atoms with E-state index in [0.29, 0.717) is 28.3 Å². The van der Waals surface area contributed by atoms with Crippen molar-refractivity contribution in [3.63, 3.8) is 0 Å². The van der Waals surface area contributed by atoms with Crippen LogP contribution in [-0.4, -0.2) is 52.7 Å². The summed E-state index contributed by atoms with van der Waals surface area (Å²) in [5.41, 5.74) is 2.63. The third-order valence-corrected chi connectivity index (χ3v) is 7.19. The molecule has 5 rings (SSSR count). The minimum absolute atomic E-state index is 0.0278. The fourth-order valence-corrected chi connectivity index (χ4v) is 5.25. The molecule has 2 aliphatic heterocycles. The lowest BCUT2D eigenvalue weighted by Gasteiger charge is -2.47. The molecule has 36 heavy (non-hydrogen) atoms. The maximum absolute atomic E-state index is 14.7. The van der Waals surface area contributed by atoms with Crippen LogP contribution >= 0.6 is 0 Å². The van der Waals surface area contributed by atoms with Gasteiger partial charge in [0.05, 0.1) is 42.2 Å². The van der Waals surface area contributed by atoms with Gasteiger partial charge >= 0.3 is 5.97 Å². The van der Waals surface area contributed by atoms with Gasteiger partial charge < -0.3 is 20.1 Å². The number of aryl methyl sites for hydroxylation is 1. The molecular weight excluding hydrogens is 470 g/mol. The van der Waals surface area contributed by atoms with Gasteiger partial charge in [-0.2, -0.15) is 0 Å². The Bertz CT molecular complexity index is 1390. The molecule has 3 atom stereocenters. The van der Waals surface area contributed by atoms with E-state index in [-0.39, 0.29) is 37.4 Å². The van der Waals surface area contributed by atoms with Crippen LogP contribution in [0.2, 0.25) is 0 Å². The predicted molar refractivity (Wildman–Crippen MR) is 131 cm³/mol. The minimum Gasteiger partial charge on any atom is -0.478 e. The van der Waals surface area contributed by atoms with Gasteiger partial charge in [0.2, 0.25) is 0 Å². The van der Waals surface area contributed by atoms with Gasteiger partial charge in [0.25, 0.3) is 11.5 Å². The highest BCUT2D eigenvalue weighted by Gasteiger charge is 2.54. The molecule has 2 aliphatic rings. The second-order valence-corrected chi connectivity index (χ2v) is 9.76. The van der Waals surface area contributed by atoms with Gasteiger partial charge in [0.15, 0.2) is 0 Å². The Morgan fingerprint density at radius 1 is 1.22 bits per heavy atom. The van der Waals surface area contributed by atoms with Crippen molar-refractivity contribution in [2.24, 2.45) is 11.8 Å². The van der Waals surface area contributed by atoms with Gasteiger partial charge in [-0.25, -0.2) is 18.6 Å². The Labute approximate surface area is 206 Å². The van der Waals surface area contributed by atoms with Crippen molar-refractivity contribution in [3.8, 4) is 0 Å². The van der Waals surface area contributed by atoms with Crippen molar-refractivity contribution in [3.05, 3.63) is 69.1 Å². The molecule has 2 saturated heterocycles. The molecule has 10 heteroatoms. The standard InChI is InChI=1S/C26H28F2N4O4/c1-14-8-20(16(3)29-21-7-5-4-6-19(21)25(34)35)23-30-22(15(2)24(33)32(23)9-14)31-10-17-12-36-13-18(11-31)26(17,27)28/h4-9,16-18,29H,10-13H2,1-3H3,(H,34,35)/t16-,17?,18?/m1/s1. The monoisotopic (exact) mass is 498 g/mol. The molecule has 190 valence electrons. The zero-order valence-corrected chi connectivity index (χ0v) is 20.3. The van der Waals surface area contributed by atoms with E-state index in [4.69, 9.17) is 9.72 Å². The number of anilines is 2. The number of carboxylic acids is 1. The molecule has 1 aromatic carbocycles. The third kappa shape index (κ3) is 3.99. The Kier molecular flexibility index (Phi) is 5.94. The number of benzene rings is 1. The number of carbonyl (C=O) groups is 1. The molecule has 0 aliphatic carbocycles. The number of halogens is 2. The number of para-hydroxylation sites is 1. The SMILES string of the molecule is Cc1cc([C@@H](C)Nc2ccccc2C(=O)O)c2nc(N3CC4COCC(C3)C4(F)F)c(C)c(=O)n2c1. The van der Waals surface area contributed by atoms with Crippen LogP contribution in [0.5, 0.6) is 0 Å². The first-order valence-corrected chi connectivity index (χ1v) is 11.9. The lowest BCUT2D eigenvalue weighted by Crippen LogP contribution is -2.59. The van der Waals surface area contributed by atoms with Crippen molar-refractivity contribution < 1.29 is 23.4 Å². The van der Waals surface area contributed by atoms with E-state index in [1.807, 2.05) is 19.9 Å². The lowest BCUT2D eigenvalue weighted by molar-refractivity contribution is -0.190. The molecule has 0 spiro atoms.